The minimum atomic E-state index is -1.06. The molecule has 0 saturated carbocycles. The summed E-state index contributed by atoms with van der Waals surface area (Å²) >= 11 is 0. The highest BCUT2D eigenvalue weighted by Crippen LogP contribution is 2.40. The van der Waals surface area contributed by atoms with Gasteiger partial charge in [0.05, 0.1) is 12.2 Å². The molecule has 0 atom stereocenters. The molecule has 0 unspecified atom stereocenters. The Kier molecular flexibility index (Phi) is 8.88. The number of aryl methyl sites for hydroxylation is 2. The van der Waals surface area contributed by atoms with Crippen LogP contribution in [0.15, 0.2) is 30.3 Å². The van der Waals surface area contributed by atoms with E-state index in [4.69, 9.17) is 9.47 Å². The number of aromatic carboxylic acids is 1. The molecule has 0 aliphatic carbocycles. The number of hydrogen-bond donors (Lipinski definition) is 1. The fraction of sp³-hybridized carbons (Fsp3) is 0.481. The Labute approximate surface area is 191 Å². The molecule has 32 heavy (non-hydrogen) atoms. The smallest absolute Gasteiger partial charge is 0.478 e. The molecule has 0 saturated heterocycles. The molecule has 0 fully saturated rings. The molecule has 0 aliphatic rings. The van der Waals surface area contributed by atoms with Gasteiger partial charge in [-0.2, -0.15) is 0 Å². The molecule has 0 bridgehead atoms. The summed E-state index contributed by atoms with van der Waals surface area (Å²) in [7, 11) is 0. The van der Waals surface area contributed by atoms with Gasteiger partial charge in [0, 0.05) is 5.56 Å². The average Bonchev–Trinajstić information content (AvgIpc) is 2.71. The lowest BCUT2D eigenvalue weighted by Gasteiger charge is -2.23. The molecule has 0 amide bonds. The summed E-state index contributed by atoms with van der Waals surface area (Å²) in [5.41, 5.74) is 4.03. The van der Waals surface area contributed by atoms with Gasteiger partial charge in [-0.15, -0.1) is 0 Å². The molecular weight excluding hydrogens is 404 g/mol. The maximum Gasteiger partial charge on any atom is 0.513 e. The van der Waals surface area contributed by atoms with Gasteiger partial charge in [0.15, 0.2) is 0 Å². The van der Waals surface area contributed by atoms with Crippen LogP contribution in [0.25, 0.3) is 11.1 Å². The Morgan fingerprint density at radius 1 is 1.00 bits per heavy atom. The lowest BCUT2D eigenvalue weighted by molar-refractivity contribution is 0.0695. The van der Waals surface area contributed by atoms with Gasteiger partial charge >= 0.3 is 12.1 Å². The van der Waals surface area contributed by atoms with E-state index in [1.54, 1.807) is 12.1 Å². The fourth-order valence-corrected chi connectivity index (χ4v) is 3.54. The maximum atomic E-state index is 12.5. The van der Waals surface area contributed by atoms with Crippen LogP contribution in [0.1, 0.15) is 87.4 Å². The maximum absolute atomic E-state index is 12.5. The monoisotopic (exact) mass is 440 g/mol. The van der Waals surface area contributed by atoms with Gasteiger partial charge in [0.2, 0.25) is 0 Å². The molecule has 0 aliphatic heterocycles. The van der Waals surface area contributed by atoms with Crippen LogP contribution in [0.5, 0.6) is 5.75 Å². The predicted octanol–water partition coefficient (Wildman–Crippen LogP) is 7.32. The Hall–Kier alpha value is -2.82. The number of carboxylic acid groups (broad SMARTS) is 1. The van der Waals surface area contributed by atoms with Crippen LogP contribution in [0.3, 0.4) is 0 Å². The van der Waals surface area contributed by atoms with Gasteiger partial charge in [0.25, 0.3) is 0 Å². The lowest BCUT2D eigenvalue weighted by Crippen LogP contribution is -2.15. The summed E-state index contributed by atoms with van der Waals surface area (Å²) in [5.74, 6) is -0.782. The number of carbonyl (C=O) groups excluding carboxylic acids is 1. The second-order valence-corrected chi connectivity index (χ2v) is 9.28. The Balaban J connectivity index is 2.71. The third kappa shape index (κ3) is 6.59. The van der Waals surface area contributed by atoms with Crippen LogP contribution in [0.2, 0.25) is 0 Å². The largest absolute Gasteiger partial charge is 0.513 e. The van der Waals surface area contributed by atoms with Crippen LogP contribution in [0, 0.1) is 6.92 Å². The third-order valence-corrected chi connectivity index (χ3v) is 5.40. The molecule has 0 heterocycles. The molecule has 1 N–H and O–H groups in total. The van der Waals surface area contributed by atoms with Crippen molar-refractivity contribution in [3.05, 3.63) is 52.6 Å². The van der Waals surface area contributed by atoms with Crippen molar-refractivity contribution in [2.45, 2.75) is 79.1 Å². The molecule has 5 heteroatoms. The second-order valence-electron chi connectivity index (χ2n) is 9.28. The van der Waals surface area contributed by atoms with Gasteiger partial charge < -0.3 is 14.6 Å². The van der Waals surface area contributed by atoms with Crippen LogP contribution in [-0.2, 0) is 16.6 Å². The first kappa shape index (κ1) is 25.4. The lowest BCUT2D eigenvalue weighted by atomic mass is 9.83. The summed E-state index contributed by atoms with van der Waals surface area (Å²) in [6.07, 6.45) is 3.38. The minimum Gasteiger partial charge on any atom is -0.478 e. The summed E-state index contributed by atoms with van der Waals surface area (Å²) < 4.78 is 10.9. The summed E-state index contributed by atoms with van der Waals surface area (Å²) in [5, 5.41) is 9.95. The van der Waals surface area contributed by atoms with Crippen molar-refractivity contribution < 1.29 is 24.2 Å². The topological polar surface area (TPSA) is 72.8 Å². The van der Waals surface area contributed by atoms with Gasteiger partial charge in [-0.25, -0.2) is 9.59 Å². The molecule has 0 radical (unpaired) electrons. The Bertz CT molecular complexity index is 953. The molecule has 0 spiro atoms. The normalized spacial score (nSPS) is 11.3. The fourth-order valence-electron chi connectivity index (χ4n) is 3.54. The van der Waals surface area contributed by atoms with Gasteiger partial charge in [-0.1, -0.05) is 77.3 Å². The Morgan fingerprint density at radius 2 is 1.69 bits per heavy atom. The highest BCUT2D eigenvalue weighted by molar-refractivity contribution is 5.99. The zero-order chi connectivity index (χ0) is 23.9. The van der Waals surface area contributed by atoms with E-state index in [-0.39, 0.29) is 23.3 Å². The first-order valence-electron chi connectivity index (χ1n) is 11.4. The number of ether oxygens (including phenoxy) is 2. The van der Waals surface area contributed by atoms with Crippen molar-refractivity contribution in [3.63, 3.8) is 0 Å². The van der Waals surface area contributed by atoms with Crippen molar-refractivity contribution >= 4 is 12.1 Å². The van der Waals surface area contributed by atoms with Gasteiger partial charge in [-0.3, -0.25) is 0 Å². The van der Waals surface area contributed by atoms with Gasteiger partial charge in [-0.05, 0) is 54.4 Å². The average molecular weight is 441 g/mol. The van der Waals surface area contributed by atoms with Crippen molar-refractivity contribution in [2.75, 3.05) is 6.61 Å². The van der Waals surface area contributed by atoms with E-state index < -0.39 is 12.1 Å². The van der Waals surface area contributed by atoms with Gasteiger partial charge in [0.1, 0.15) is 5.75 Å². The number of carbonyl (C=O) groups is 2. The van der Waals surface area contributed by atoms with E-state index in [1.807, 2.05) is 26.0 Å². The van der Waals surface area contributed by atoms with Crippen molar-refractivity contribution in [1.82, 2.24) is 0 Å². The van der Waals surface area contributed by atoms with E-state index in [2.05, 4.69) is 33.8 Å². The van der Waals surface area contributed by atoms with E-state index in [0.29, 0.717) is 12.0 Å². The molecule has 2 aromatic carbocycles. The predicted molar refractivity (Wildman–Crippen MR) is 128 cm³/mol. The highest BCUT2D eigenvalue weighted by atomic mass is 16.7. The zero-order valence-electron chi connectivity index (χ0n) is 20.2. The number of carboxylic acids is 1. The van der Waals surface area contributed by atoms with E-state index in [1.165, 1.54) is 0 Å². The first-order valence-corrected chi connectivity index (χ1v) is 11.4. The van der Waals surface area contributed by atoms with E-state index in [9.17, 15) is 14.7 Å². The summed E-state index contributed by atoms with van der Waals surface area (Å²) in [6, 6.07) is 9.39. The molecule has 0 aromatic heterocycles. The van der Waals surface area contributed by atoms with E-state index in [0.717, 1.165) is 47.9 Å². The summed E-state index contributed by atoms with van der Waals surface area (Å²) in [6.45, 7) is 12.7. The minimum absolute atomic E-state index is 0.104. The Morgan fingerprint density at radius 3 is 2.28 bits per heavy atom. The SMILES string of the molecule is CCCCOC(=O)Oc1c(CCCC)ccc(C(=O)O)c1-c1cc(C)cc(C(C)(C)C)c1. The van der Waals surface area contributed by atoms with Crippen LogP contribution in [0.4, 0.5) is 4.79 Å². The number of unbranched alkanes of at least 4 members (excludes halogenated alkanes) is 2. The molecular formula is C27H36O5. The first-order chi connectivity index (χ1) is 15.1. The highest BCUT2D eigenvalue weighted by Gasteiger charge is 2.25. The van der Waals surface area contributed by atoms with Crippen molar-refractivity contribution in [3.8, 4) is 16.9 Å². The standard InChI is InChI=1S/C27H36O5/c1-7-9-11-19-12-13-22(25(28)29)23(24(19)32-26(30)31-14-10-8-2)20-15-18(3)16-21(17-20)27(4,5)6/h12-13,15-17H,7-11,14H2,1-6H3,(H,28,29). The van der Waals surface area contributed by atoms with Crippen LogP contribution in [-0.4, -0.2) is 23.8 Å². The molecule has 5 nitrogen and oxygen atoms in total. The molecule has 2 rings (SSSR count). The van der Waals surface area contributed by atoms with E-state index >= 15 is 0 Å². The third-order valence-electron chi connectivity index (χ3n) is 5.40. The van der Waals surface area contributed by atoms with Crippen molar-refractivity contribution in [2.24, 2.45) is 0 Å². The number of benzene rings is 2. The number of rotatable bonds is 9. The zero-order valence-corrected chi connectivity index (χ0v) is 20.2. The second kappa shape index (κ2) is 11.2. The number of hydrogen-bond acceptors (Lipinski definition) is 4. The quantitative estimate of drug-likeness (QED) is 0.251. The van der Waals surface area contributed by atoms with Crippen LogP contribution < -0.4 is 4.74 Å². The molecule has 174 valence electrons. The van der Waals surface area contributed by atoms with Crippen molar-refractivity contribution in [1.29, 1.82) is 0 Å². The molecule has 2 aromatic rings. The van der Waals surface area contributed by atoms with Crippen LogP contribution >= 0.6 is 0 Å². The summed E-state index contributed by atoms with van der Waals surface area (Å²) in [4.78, 5) is 24.6.